The minimum atomic E-state index is -0.705. The third-order valence-corrected chi connectivity index (χ3v) is 6.75. The van der Waals surface area contributed by atoms with Crippen molar-refractivity contribution in [2.75, 3.05) is 19.6 Å². The summed E-state index contributed by atoms with van der Waals surface area (Å²) in [4.78, 5) is 21.7. The van der Waals surface area contributed by atoms with Gasteiger partial charge in [0, 0.05) is 30.8 Å². The highest BCUT2D eigenvalue weighted by Crippen LogP contribution is 2.36. The number of carboxylic acids is 1. The summed E-state index contributed by atoms with van der Waals surface area (Å²) in [6, 6.07) is 11.8. The lowest BCUT2D eigenvalue weighted by atomic mass is 9.94. The number of rotatable bonds is 9. The lowest BCUT2D eigenvalue weighted by Gasteiger charge is -2.36. The maximum atomic E-state index is 11.0. The number of hydrogen-bond donors (Lipinski definition) is 1. The van der Waals surface area contributed by atoms with Crippen LogP contribution in [0.15, 0.2) is 36.4 Å². The maximum Gasteiger partial charge on any atom is 0.309 e. The Morgan fingerprint density at radius 1 is 1.32 bits per heavy atom. The molecule has 34 heavy (non-hydrogen) atoms. The van der Waals surface area contributed by atoms with E-state index in [2.05, 4.69) is 33.2 Å². The van der Waals surface area contributed by atoms with Crippen LogP contribution in [-0.2, 0) is 17.6 Å². The molecule has 0 spiro atoms. The molecule has 8 heteroatoms. The minimum Gasteiger partial charge on any atom is -0.502 e. The molecule has 0 bridgehead atoms. The van der Waals surface area contributed by atoms with Gasteiger partial charge in [-0.2, -0.15) is 4.37 Å². The molecule has 1 aliphatic heterocycles. The van der Waals surface area contributed by atoms with Crippen molar-refractivity contribution in [1.82, 2.24) is 14.3 Å². The first-order valence-electron chi connectivity index (χ1n) is 11.5. The van der Waals surface area contributed by atoms with Crippen LogP contribution in [0.3, 0.4) is 0 Å². The number of benzene rings is 2. The third-order valence-electron chi connectivity index (χ3n) is 5.99. The topological polar surface area (TPSA) is 79.9 Å². The molecule has 176 valence electrons. The summed E-state index contributed by atoms with van der Waals surface area (Å²) < 4.78 is 10.4. The average molecular weight is 477 g/mol. The molecule has 1 saturated heterocycles. The molecule has 0 unspecified atom stereocenters. The molecule has 1 aromatic heterocycles. The first-order chi connectivity index (χ1) is 16.4. The van der Waals surface area contributed by atoms with Crippen molar-refractivity contribution in [1.29, 1.82) is 0 Å². The highest BCUT2D eigenvalue weighted by Gasteiger charge is 2.32. The van der Waals surface area contributed by atoms with Gasteiger partial charge in [-0.1, -0.05) is 31.2 Å². The molecular formula is C26H28N4O3S. The van der Waals surface area contributed by atoms with Crippen LogP contribution in [0.2, 0.25) is 0 Å². The van der Waals surface area contributed by atoms with Gasteiger partial charge in [0.05, 0.1) is 18.6 Å². The Morgan fingerprint density at radius 3 is 2.79 bits per heavy atom. The monoisotopic (exact) mass is 476 g/mol. The van der Waals surface area contributed by atoms with Crippen LogP contribution in [-0.4, -0.2) is 51.1 Å². The fourth-order valence-corrected chi connectivity index (χ4v) is 4.90. The molecular weight excluding hydrogens is 448 g/mol. The summed E-state index contributed by atoms with van der Waals surface area (Å²) in [5.74, 6) is 0.337. The standard InChI is InChI=1S/C26H28N4O3S/c1-5-20-17(11-12-30-14-19(15-30)26(31)32)7-6-8-21(20)24-28-25(34-29-24)18-9-10-23(33-16(2)3)22(13-18)27-4/h6-10,13,16,19H,5,11-12,14-15H2,1-3H3,(H,31,32). The van der Waals surface area contributed by atoms with Gasteiger partial charge in [-0.15, -0.1) is 0 Å². The Labute approximate surface area is 204 Å². The van der Waals surface area contributed by atoms with Crippen molar-refractivity contribution >= 4 is 23.2 Å². The molecule has 0 saturated carbocycles. The van der Waals surface area contributed by atoms with Gasteiger partial charge in [0.25, 0.3) is 0 Å². The normalized spacial score (nSPS) is 14.1. The van der Waals surface area contributed by atoms with Gasteiger partial charge in [0.2, 0.25) is 5.69 Å². The van der Waals surface area contributed by atoms with E-state index < -0.39 is 5.97 Å². The zero-order valence-electron chi connectivity index (χ0n) is 19.6. The van der Waals surface area contributed by atoms with Gasteiger partial charge in [-0.3, -0.25) is 4.79 Å². The smallest absolute Gasteiger partial charge is 0.309 e. The first-order valence-corrected chi connectivity index (χ1v) is 12.3. The lowest BCUT2D eigenvalue weighted by Crippen LogP contribution is -2.50. The van der Waals surface area contributed by atoms with Crippen LogP contribution in [0.25, 0.3) is 26.8 Å². The third kappa shape index (κ3) is 5.11. The van der Waals surface area contributed by atoms with E-state index in [1.165, 1.54) is 22.7 Å². The quantitative estimate of drug-likeness (QED) is 0.421. The fraction of sp³-hybridized carbons (Fsp3) is 0.385. The average Bonchev–Trinajstić information content (AvgIpc) is 3.27. The van der Waals surface area contributed by atoms with Crippen molar-refractivity contribution in [2.45, 2.75) is 39.7 Å². The number of carbonyl (C=O) groups is 1. The summed E-state index contributed by atoms with van der Waals surface area (Å²) in [6.07, 6.45) is 1.73. The molecule has 0 aliphatic carbocycles. The number of nitrogens with zero attached hydrogens (tertiary/aromatic N) is 4. The number of likely N-dealkylation sites (tertiary alicyclic amines) is 1. The zero-order valence-corrected chi connectivity index (χ0v) is 20.4. The largest absolute Gasteiger partial charge is 0.502 e. The fourth-order valence-electron chi connectivity index (χ4n) is 4.22. The minimum absolute atomic E-state index is 0.00101. The number of hydrogen-bond acceptors (Lipinski definition) is 6. The summed E-state index contributed by atoms with van der Waals surface area (Å²) in [5, 5.41) is 9.85. The van der Waals surface area contributed by atoms with Crippen LogP contribution in [0, 0.1) is 12.5 Å². The second-order valence-corrected chi connectivity index (χ2v) is 9.48. The van der Waals surface area contributed by atoms with E-state index in [1.807, 2.05) is 38.1 Å². The molecule has 1 aliphatic rings. The lowest BCUT2D eigenvalue weighted by molar-refractivity contribution is -0.147. The molecule has 3 aromatic rings. The second-order valence-electron chi connectivity index (χ2n) is 8.73. The SMILES string of the molecule is [C-]#[N+]c1cc(-c2nc(-c3cccc(CCN4CC(C(=O)O)C4)c3CC)ns2)ccc1OC(C)C. The van der Waals surface area contributed by atoms with Gasteiger partial charge >= 0.3 is 5.97 Å². The molecule has 1 fully saturated rings. The second kappa shape index (κ2) is 10.3. The Morgan fingerprint density at radius 2 is 2.12 bits per heavy atom. The summed E-state index contributed by atoms with van der Waals surface area (Å²) in [7, 11) is 0. The van der Waals surface area contributed by atoms with E-state index in [1.54, 1.807) is 0 Å². The van der Waals surface area contributed by atoms with Gasteiger partial charge in [-0.05, 0) is 61.5 Å². The number of aliphatic carboxylic acids is 1. The van der Waals surface area contributed by atoms with Gasteiger partial charge in [0.15, 0.2) is 5.82 Å². The van der Waals surface area contributed by atoms with E-state index in [0.29, 0.717) is 30.4 Å². The van der Waals surface area contributed by atoms with Crippen LogP contribution in [0.4, 0.5) is 5.69 Å². The summed E-state index contributed by atoms with van der Waals surface area (Å²) in [5.41, 5.74) is 4.83. The van der Waals surface area contributed by atoms with Gasteiger partial charge in [0.1, 0.15) is 10.8 Å². The van der Waals surface area contributed by atoms with Gasteiger partial charge in [-0.25, -0.2) is 9.83 Å². The first kappa shape index (κ1) is 23.9. The van der Waals surface area contributed by atoms with E-state index in [9.17, 15) is 4.79 Å². The van der Waals surface area contributed by atoms with E-state index >= 15 is 0 Å². The molecule has 0 amide bonds. The number of aromatic nitrogens is 2. The zero-order chi connectivity index (χ0) is 24.2. The molecule has 4 rings (SSSR count). The van der Waals surface area contributed by atoms with Crippen LogP contribution < -0.4 is 4.74 Å². The predicted molar refractivity (Wildman–Crippen MR) is 133 cm³/mol. The molecule has 1 N–H and O–H groups in total. The molecule has 0 atom stereocenters. The number of ether oxygens (including phenoxy) is 1. The van der Waals surface area contributed by atoms with Crippen LogP contribution in [0.5, 0.6) is 5.75 Å². The highest BCUT2D eigenvalue weighted by molar-refractivity contribution is 7.09. The van der Waals surface area contributed by atoms with Crippen molar-refractivity contribution < 1.29 is 14.6 Å². The van der Waals surface area contributed by atoms with E-state index in [-0.39, 0.29) is 12.0 Å². The summed E-state index contributed by atoms with van der Waals surface area (Å²) in [6.45, 7) is 15.6. The molecule has 7 nitrogen and oxygen atoms in total. The Bertz CT molecular complexity index is 1230. The summed E-state index contributed by atoms with van der Waals surface area (Å²) >= 11 is 1.33. The Hall–Kier alpha value is -3.28. The van der Waals surface area contributed by atoms with Gasteiger partial charge < -0.3 is 14.7 Å². The van der Waals surface area contributed by atoms with Crippen LogP contribution >= 0.6 is 11.5 Å². The van der Waals surface area contributed by atoms with Crippen molar-refractivity contribution in [3.8, 4) is 27.7 Å². The van der Waals surface area contributed by atoms with Crippen molar-refractivity contribution in [2.24, 2.45) is 5.92 Å². The molecule has 2 heterocycles. The highest BCUT2D eigenvalue weighted by atomic mass is 32.1. The Balaban J connectivity index is 1.54. The molecule has 2 aromatic carbocycles. The van der Waals surface area contributed by atoms with Crippen molar-refractivity contribution in [3.05, 3.63) is 58.9 Å². The number of carboxylic acid groups (broad SMARTS) is 1. The molecule has 0 radical (unpaired) electrons. The van der Waals surface area contributed by atoms with E-state index in [4.69, 9.17) is 21.4 Å². The van der Waals surface area contributed by atoms with Crippen LogP contribution in [0.1, 0.15) is 31.9 Å². The van der Waals surface area contributed by atoms with Crippen molar-refractivity contribution in [3.63, 3.8) is 0 Å². The predicted octanol–water partition coefficient (Wildman–Crippen LogP) is 5.33. The Kier molecular flexibility index (Phi) is 7.25. The maximum absolute atomic E-state index is 11.0. The van der Waals surface area contributed by atoms with E-state index in [0.717, 1.165) is 35.5 Å².